The summed E-state index contributed by atoms with van der Waals surface area (Å²) in [6, 6.07) is 18.8. The number of cyclic esters (lactones) is 1. The van der Waals surface area contributed by atoms with Crippen LogP contribution in [-0.4, -0.2) is 42.9 Å². The number of nitrogens with zero attached hydrogens (tertiary/aromatic N) is 1. The van der Waals surface area contributed by atoms with Crippen molar-refractivity contribution in [2.24, 2.45) is 0 Å². The third-order valence-electron chi connectivity index (χ3n) is 6.18. The van der Waals surface area contributed by atoms with Crippen molar-refractivity contribution < 1.29 is 33.3 Å². The quantitative estimate of drug-likeness (QED) is 0.495. The maximum absolute atomic E-state index is 13.2. The van der Waals surface area contributed by atoms with E-state index in [-0.39, 0.29) is 29.5 Å². The van der Waals surface area contributed by atoms with Crippen molar-refractivity contribution in [1.82, 2.24) is 4.90 Å². The molecule has 9 nitrogen and oxygen atoms in total. The van der Waals surface area contributed by atoms with Crippen molar-refractivity contribution in [3.63, 3.8) is 0 Å². The second kappa shape index (κ2) is 9.61. The van der Waals surface area contributed by atoms with Crippen molar-refractivity contribution in [2.75, 3.05) is 19.5 Å². The van der Waals surface area contributed by atoms with E-state index in [1.165, 1.54) is 19.1 Å². The van der Waals surface area contributed by atoms with Gasteiger partial charge in [-0.05, 0) is 55.0 Å². The Hall–Kier alpha value is -4.53. The third-order valence-corrected chi connectivity index (χ3v) is 6.18. The fraction of sp³-hybridized carbons (Fsp3) is 0.222. The topological polar surface area (TPSA) is 103 Å². The minimum atomic E-state index is -1.03. The van der Waals surface area contributed by atoms with Gasteiger partial charge in [-0.1, -0.05) is 18.2 Å². The van der Waals surface area contributed by atoms with Crippen molar-refractivity contribution in [3.8, 4) is 23.0 Å². The number of hydrogen-bond acceptors (Lipinski definition) is 7. The first kappa shape index (κ1) is 23.2. The van der Waals surface area contributed by atoms with Gasteiger partial charge in [-0.3, -0.25) is 14.5 Å². The minimum absolute atomic E-state index is 0.165. The molecule has 184 valence electrons. The standard InChI is InChI=1S/C27H24N2O7/c1-33-21-14-12-19-23(24(21)34-2)27(32)36-26(19)29-20(13-15-22(29)30)25(31)28-16-8-10-18(11-9-16)35-17-6-4-3-5-7-17/h3-12,14,20,26H,13,15H2,1-2H3,(H,28,31)/t20-,26-/m0/s1. The summed E-state index contributed by atoms with van der Waals surface area (Å²) in [5.74, 6) is 0.637. The molecular formula is C27H24N2O7. The molecule has 3 aromatic rings. The van der Waals surface area contributed by atoms with E-state index in [4.69, 9.17) is 18.9 Å². The van der Waals surface area contributed by atoms with Gasteiger partial charge < -0.3 is 24.3 Å². The van der Waals surface area contributed by atoms with E-state index < -0.39 is 18.2 Å². The fourth-order valence-corrected chi connectivity index (χ4v) is 4.50. The smallest absolute Gasteiger partial charge is 0.344 e. The number of carbonyl (C=O) groups excluding carboxylic acids is 3. The van der Waals surface area contributed by atoms with E-state index in [9.17, 15) is 14.4 Å². The Labute approximate surface area is 207 Å². The van der Waals surface area contributed by atoms with Crippen LogP contribution < -0.4 is 19.5 Å². The highest BCUT2D eigenvalue weighted by Crippen LogP contribution is 2.45. The number of ether oxygens (including phenoxy) is 4. The van der Waals surface area contributed by atoms with E-state index in [0.717, 1.165) is 0 Å². The Bertz CT molecular complexity index is 1310. The van der Waals surface area contributed by atoms with E-state index in [2.05, 4.69) is 5.32 Å². The summed E-state index contributed by atoms with van der Waals surface area (Å²) in [7, 11) is 2.89. The summed E-state index contributed by atoms with van der Waals surface area (Å²) in [5.41, 5.74) is 1.19. The Morgan fingerprint density at radius 3 is 2.36 bits per heavy atom. The Morgan fingerprint density at radius 1 is 0.944 bits per heavy atom. The zero-order valence-electron chi connectivity index (χ0n) is 19.7. The van der Waals surface area contributed by atoms with Crippen LogP contribution in [0.15, 0.2) is 66.7 Å². The van der Waals surface area contributed by atoms with Crippen LogP contribution in [0.25, 0.3) is 0 Å². The highest BCUT2D eigenvalue weighted by atomic mass is 16.6. The summed E-state index contributed by atoms with van der Waals surface area (Å²) in [6.07, 6.45) is -0.561. The second-order valence-electron chi connectivity index (χ2n) is 8.31. The Morgan fingerprint density at radius 2 is 1.67 bits per heavy atom. The summed E-state index contributed by atoms with van der Waals surface area (Å²) >= 11 is 0. The first-order chi connectivity index (χ1) is 17.5. The molecular weight excluding hydrogens is 464 g/mol. The molecule has 0 unspecified atom stereocenters. The normalized spacial score (nSPS) is 18.4. The zero-order valence-corrected chi connectivity index (χ0v) is 19.7. The number of rotatable bonds is 7. The van der Waals surface area contributed by atoms with E-state index >= 15 is 0 Å². The number of amides is 2. The van der Waals surface area contributed by atoms with Gasteiger partial charge in [0.1, 0.15) is 23.1 Å². The van der Waals surface area contributed by atoms with Crippen LogP contribution in [-0.2, 0) is 14.3 Å². The molecule has 2 amide bonds. The number of para-hydroxylation sites is 1. The highest BCUT2D eigenvalue weighted by Gasteiger charge is 2.47. The van der Waals surface area contributed by atoms with Crippen LogP contribution in [0.1, 0.15) is 35.0 Å². The predicted octanol–water partition coefficient (Wildman–Crippen LogP) is 4.29. The van der Waals surface area contributed by atoms with Crippen molar-refractivity contribution in [1.29, 1.82) is 0 Å². The molecule has 1 N–H and O–H groups in total. The molecule has 9 heteroatoms. The molecule has 0 radical (unpaired) electrons. The summed E-state index contributed by atoms with van der Waals surface area (Å²) in [4.78, 5) is 40.1. The SMILES string of the molecule is COc1ccc2c(c1OC)C(=O)O[C@@H]2N1C(=O)CC[C@H]1C(=O)Nc1ccc(Oc2ccccc2)cc1. The van der Waals surface area contributed by atoms with Crippen molar-refractivity contribution in [2.45, 2.75) is 25.1 Å². The third kappa shape index (κ3) is 4.19. The molecule has 0 aromatic heterocycles. The average molecular weight is 488 g/mol. The van der Waals surface area contributed by atoms with Crippen LogP contribution in [0.4, 0.5) is 5.69 Å². The van der Waals surface area contributed by atoms with Crippen LogP contribution in [0.3, 0.4) is 0 Å². The first-order valence-electron chi connectivity index (χ1n) is 11.4. The number of anilines is 1. The number of fused-ring (bicyclic) bond motifs is 1. The molecule has 1 saturated heterocycles. The maximum Gasteiger partial charge on any atom is 0.344 e. The van der Waals surface area contributed by atoms with Gasteiger partial charge in [0.15, 0.2) is 11.5 Å². The molecule has 2 aliphatic rings. The number of hydrogen-bond donors (Lipinski definition) is 1. The Kier molecular flexibility index (Phi) is 6.20. The molecule has 2 atom stereocenters. The molecule has 0 aliphatic carbocycles. The number of methoxy groups -OCH3 is 2. The second-order valence-corrected chi connectivity index (χ2v) is 8.31. The summed E-state index contributed by atoms with van der Waals surface area (Å²) < 4.78 is 22.0. The van der Waals surface area contributed by atoms with Gasteiger partial charge in [0.2, 0.25) is 18.0 Å². The Balaban J connectivity index is 1.34. The lowest BCUT2D eigenvalue weighted by atomic mass is 10.1. The number of esters is 1. The largest absolute Gasteiger partial charge is 0.493 e. The van der Waals surface area contributed by atoms with Crippen molar-refractivity contribution in [3.05, 3.63) is 77.9 Å². The lowest BCUT2D eigenvalue weighted by molar-refractivity contribution is -0.144. The molecule has 2 heterocycles. The van der Waals surface area contributed by atoms with Crippen LogP contribution in [0, 0.1) is 0 Å². The molecule has 0 spiro atoms. The molecule has 0 saturated carbocycles. The minimum Gasteiger partial charge on any atom is -0.493 e. The monoisotopic (exact) mass is 488 g/mol. The lowest BCUT2D eigenvalue weighted by Crippen LogP contribution is -2.43. The van der Waals surface area contributed by atoms with Crippen LogP contribution in [0.2, 0.25) is 0 Å². The van der Waals surface area contributed by atoms with E-state index in [1.54, 1.807) is 36.4 Å². The van der Waals surface area contributed by atoms with E-state index in [0.29, 0.717) is 34.9 Å². The van der Waals surface area contributed by atoms with Gasteiger partial charge >= 0.3 is 5.97 Å². The van der Waals surface area contributed by atoms with Gasteiger partial charge in [0, 0.05) is 17.7 Å². The predicted molar refractivity (Wildman–Crippen MR) is 129 cm³/mol. The van der Waals surface area contributed by atoms with Crippen molar-refractivity contribution >= 4 is 23.5 Å². The highest BCUT2D eigenvalue weighted by molar-refractivity contribution is 6.01. The number of carbonyl (C=O) groups is 3. The van der Waals surface area contributed by atoms with Gasteiger partial charge in [0.25, 0.3) is 0 Å². The lowest BCUT2D eigenvalue weighted by Gasteiger charge is -2.29. The molecule has 2 aliphatic heterocycles. The number of likely N-dealkylation sites (tertiary alicyclic amines) is 1. The molecule has 0 bridgehead atoms. The van der Waals surface area contributed by atoms with Gasteiger partial charge in [0.05, 0.1) is 14.2 Å². The number of benzene rings is 3. The fourth-order valence-electron chi connectivity index (χ4n) is 4.50. The molecule has 3 aromatic carbocycles. The molecule has 5 rings (SSSR count). The van der Waals surface area contributed by atoms with Gasteiger partial charge in [-0.2, -0.15) is 0 Å². The maximum atomic E-state index is 13.2. The zero-order chi connectivity index (χ0) is 25.2. The van der Waals surface area contributed by atoms with Gasteiger partial charge in [-0.25, -0.2) is 4.79 Å². The van der Waals surface area contributed by atoms with Crippen LogP contribution in [0.5, 0.6) is 23.0 Å². The molecule has 36 heavy (non-hydrogen) atoms. The van der Waals surface area contributed by atoms with E-state index in [1.807, 2.05) is 30.3 Å². The first-order valence-corrected chi connectivity index (χ1v) is 11.4. The summed E-state index contributed by atoms with van der Waals surface area (Å²) in [5, 5.41) is 2.85. The molecule has 1 fully saturated rings. The van der Waals surface area contributed by atoms with Crippen LogP contribution >= 0.6 is 0 Å². The number of nitrogens with one attached hydrogen (secondary N) is 1. The summed E-state index contributed by atoms with van der Waals surface area (Å²) in [6.45, 7) is 0. The average Bonchev–Trinajstić information content (AvgIpc) is 3.44. The van der Waals surface area contributed by atoms with Gasteiger partial charge in [-0.15, -0.1) is 0 Å².